The average molecular weight is 214 g/mol. The van der Waals surface area contributed by atoms with Crippen LogP contribution in [0.15, 0.2) is 36.4 Å². The molecule has 1 unspecified atom stereocenters. The molecular formula is C14H14O2. The van der Waals surface area contributed by atoms with Crippen molar-refractivity contribution in [3.8, 4) is 0 Å². The van der Waals surface area contributed by atoms with Gasteiger partial charge in [-0.05, 0) is 35.7 Å². The lowest BCUT2D eigenvalue weighted by molar-refractivity contribution is -0.138. The topological polar surface area (TPSA) is 37.3 Å². The zero-order valence-electron chi connectivity index (χ0n) is 9.40. The molecule has 2 nitrogen and oxygen atoms in total. The van der Waals surface area contributed by atoms with Crippen molar-refractivity contribution in [3.05, 3.63) is 47.5 Å². The van der Waals surface area contributed by atoms with Crippen LogP contribution in [0.5, 0.6) is 0 Å². The molecule has 0 saturated carbocycles. The predicted molar refractivity (Wildman–Crippen MR) is 64.7 cm³/mol. The third-order valence-corrected chi connectivity index (χ3v) is 2.99. The first kappa shape index (κ1) is 10.7. The van der Waals surface area contributed by atoms with E-state index in [1.165, 1.54) is 5.56 Å². The monoisotopic (exact) mass is 214 g/mol. The van der Waals surface area contributed by atoms with E-state index in [0.29, 0.717) is 0 Å². The number of aliphatic carboxylic acids is 1. The maximum absolute atomic E-state index is 10.9. The quantitative estimate of drug-likeness (QED) is 0.832. The highest BCUT2D eigenvalue weighted by Crippen LogP contribution is 2.24. The van der Waals surface area contributed by atoms with E-state index >= 15 is 0 Å². The summed E-state index contributed by atoms with van der Waals surface area (Å²) >= 11 is 0. The van der Waals surface area contributed by atoms with Gasteiger partial charge in [0.2, 0.25) is 0 Å². The van der Waals surface area contributed by atoms with E-state index in [0.717, 1.165) is 16.3 Å². The highest BCUT2D eigenvalue weighted by atomic mass is 16.4. The first-order valence-electron chi connectivity index (χ1n) is 5.31. The van der Waals surface area contributed by atoms with E-state index in [-0.39, 0.29) is 0 Å². The minimum absolute atomic E-state index is 0.455. The van der Waals surface area contributed by atoms with Crippen molar-refractivity contribution in [1.29, 1.82) is 0 Å². The molecule has 0 aliphatic rings. The van der Waals surface area contributed by atoms with Crippen LogP contribution in [-0.2, 0) is 4.79 Å². The van der Waals surface area contributed by atoms with Crippen molar-refractivity contribution in [2.75, 3.05) is 0 Å². The number of fused-ring (bicyclic) bond motifs is 1. The van der Waals surface area contributed by atoms with Gasteiger partial charge in [-0.3, -0.25) is 4.79 Å². The van der Waals surface area contributed by atoms with Crippen molar-refractivity contribution in [1.82, 2.24) is 0 Å². The molecule has 82 valence electrons. The lowest BCUT2D eigenvalue weighted by atomic mass is 9.96. The first-order chi connectivity index (χ1) is 7.59. The Balaban J connectivity index is 2.59. The molecule has 0 aromatic heterocycles. The molecule has 16 heavy (non-hydrogen) atoms. The molecule has 0 spiro atoms. The maximum atomic E-state index is 10.9. The Morgan fingerprint density at radius 2 is 2.00 bits per heavy atom. The fourth-order valence-corrected chi connectivity index (χ4v) is 1.86. The van der Waals surface area contributed by atoms with Gasteiger partial charge in [-0.15, -0.1) is 0 Å². The summed E-state index contributed by atoms with van der Waals surface area (Å²) in [7, 11) is 0. The number of hydrogen-bond acceptors (Lipinski definition) is 1. The van der Waals surface area contributed by atoms with Crippen LogP contribution in [0.2, 0.25) is 0 Å². The number of carboxylic acids is 1. The second kappa shape index (κ2) is 3.97. The van der Waals surface area contributed by atoms with Crippen LogP contribution in [0.1, 0.15) is 24.0 Å². The van der Waals surface area contributed by atoms with Crippen LogP contribution < -0.4 is 0 Å². The largest absolute Gasteiger partial charge is 0.481 e. The molecule has 2 rings (SSSR count). The number of benzene rings is 2. The van der Waals surface area contributed by atoms with E-state index in [9.17, 15) is 4.79 Å². The summed E-state index contributed by atoms with van der Waals surface area (Å²) < 4.78 is 0. The van der Waals surface area contributed by atoms with Gasteiger partial charge in [0.25, 0.3) is 0 Å². The standard InChI is InChI=1S/C14H14O2/c1-9-4-3-5-11-6-7-12(8-13(9)11)10(2)14(15)16/h3-8,10H,1-2H3,(H,15,16). The maximum Gasteiger partial charge on any atom is 0.310 e. The molecule has 1 N–H and O–H groups in total. The van der Waals surface area contributed by atoms with Crippen molar-refractivity contribution in [2.45, 2.75) is 19.8 Å². The molecule has 2 aromatic rings. The van der Waals surface area contributed by atoms with E-state index in [2.05, 4.69) is 0 Å². The molecule has 1 atom stereocenters. The van der Waals surface area contributed by atoms with E-state index < -0.39 is 11.9 Å². The summed E-state index contributed by atoms with van der Waals surface area (Å²) in [5.74, 6) is -1.24. The number of rotatable bonds is 2. The zero-order valence-corrected chi connectivity index (χ0v) is 9.40. The molecule has 2 heteroatoms. The van der Waals surface area contributed by atoms with Gasteiger partial charge >= 0.3 is 5.97 Å². The van der Waals surface area contributed by atoms with Gasteiger partial charge in [-0.25, -0.2) is 0 Å². The number of carbonyl (C=O) groups is 1. The summed E-state index contributed by atoms with van der Waals surface area (Å²) in [5.41, 5.74) is 2.03. The minimum Gasteiger partial charge on any atom is -0.481 e. The predicted octanol–water partition coefficient (Wildman–Crippen LogP) is 3.34. The summed E-state index contributed by atoms with van der Waals surface area (Å²) in [6, 6.07) is 11.9. The van der Waals surface area contributed by atoms with Gasteiger partial charge in [-0.1, -0.05) is 36.4 Å². The number of aryl methyl sites for hydroxylation is 1. The van der Waals surface area contributed by atoms with Crippen LogP contribution in [0.4, 0.5) is 0 Å². The van der Waals surface area contributed by atoms with Crippen LogP contribution in [-0.4, -0.2) is 11.1 Å². The lowest BCUT2D eigenvalue weighted by Gasteiger charge is -2.09. The van der Waals surface area contributed by atoms with Crippen molar-refractivity contribution in [3.63, 3.8) is 0 Å². The molecule has 0 bridgehead atoms. The van der Waals surface area contributed by atoms with Gasteiger partial charge in [0.15, 0.2) is 0 Å². The van der Waals surface area contributed by atoms with Gasteiger partial charge < -0.3 is 5.11 Å². The summed E-state index contributed by atoms with van der Waals surface area (Å²) in [5, 5.41) is 11.3. The molecule has 0 radical (unpaired) electrons. The van der Waals surface area contributed by atoms with Gasteiger partial charge in [-0.2, -0.15) is 0 Å². The van der Waals surface area contributed by atoms with E-state index in [1.807, 2.05) is 43.3 Å². The fraction of sp³-hybridized carbons (Fsp3) is 0.214. The van der Waals surface area contributed by atoms with Crippen molar-refractivity contribution < 1.29 is 9.90 Å². The van der Waals surface area contributed by atoms with Crippen molar-refractivity contribution >= 4 is 16.7 Å². The van der Waals surface area contributed by atoms with Gasteiger partial charge in [0.05, 0.1) is 5.92 Å². The number of hydrogen-bond donors (Lipinski definition) is 1. The third kappa shape index (κ3) is 1.78. The van der Waals surface area contributed by atoms with E-state index in [4.69, 9.17) is 5.11 Å². The smallest absolute Gasteiger partial charge is 0.310 e. The number of carboxylic acid groups (broad SMARTS) is 1. The van der Waals surface area contributed by atoms with Crippen LogP contribution in [0, 0.1) is 6.92 Å². The lowest BCUT2D eigenvalue weighted by Crippen LogP contribution is -2.07. The minimum atomic E-state index is -0.784. The Bertz CT molecular complexity index is 543. The second-order valence-corrected chi connectivity index (χ2v) is 4.12. The second-order valence-electron chi connectivity index (χ2n) is 4.12. The van der Waals surface area contributed by atoms with Crippen molar-refractivity contribution in [2.24, 2.45) is 0 Å². The highest BCUT2D eigenvalue weighted by Gasteiger charge is 2.13. The van der Waals surface area contributed by atoms with Gasteiger partial charge in [0.1, 0.15) is 0 Å². The highest BCUT2D eigenvalue weighted by molar-refractivity contribution is 5.87. The molecule has 0 aliphatic carbocycles. The summed E-state index contributed by atoms with van der Waals surface area (Å²) in [6.45, 7) is 3.75. The molecule has 2 aromatic carbocycles. The van der Waals surface area contributed by atoms with Crippen LogP contribution in [0.3, 0.4) is 0 Å². The molecule has 0 aliphatic heterocycles. The Morgan fingerprint density at radius 1 is 1.25 bits per heavy atom. The zero-order chi connectivity index (χ0) is 11.7. The Hall–Kier alpha value is -1.83. The molecule has 0 fully saturated rings. The fourth-order valence-electron chi connectivity index (χ4n) is 1.86. The molecule has 0 heterocycles. The third-order valence-electron chi connectivity index (χ3n) is 2.99. The molecular weight excluding hydrogens is 200 g/mol. The Kier molecular flexibility index (Phi) is 2.65. The van der Waals surface area contributed by atoms with Crippen LogP contribution >= 0.6 is 0 Å². The van der Waals surface area contributed by atoms with Gasteiger partial charge in [0, 0.05) is 0 Å². The Morgan fingerprint density at radius 3 is 2.69 bits per heavy atom. The first-order valence-corrected chi connectivity index (χ1v) is 5.31. The Labute approximate surface area is 94.5 Å². The molecule has 0 saturated heterocycles. The van der Waals surface area contributed by atoms with E-state index in [1.54, 1.807) is 6.92 Å². The summed E-state index contributed by atoms with van der Waals surface area (Å²) in [4.78, 5) is 10.9. The normalized spacial score (nSPS) is 12.6. The average Bonchev–Trinajstić information content (AvgIpc) is 2.28. The summed E-state index contributed by atoms with van der Waals surface area (Å²) in [6.07, 6.45) is 0. The molecule has 0 amide bonds. The van der Waals surface area contributed by atoms with Crippen LogP contribution in [0.25, 0.3) is 10.8 Å². The SMILES string of the molecule is Cc1cccc2ccc(C(C)C(=O)O)cc12.